The van der Waals surface area contributed by atoms with Gasteiger partial charge >= 0.3 is 18.5 Å². The van der Waals surface area contributed by atoms with Gasteiger partial charge < -0.3 is 65.8 Å². The first kappa shape index (κ1) is 95.8. The molecule has 5 aliphatic rings. The van der Waals surface area contributed by atoms with Crippen LogP contribution in [0.1, 0.15) is 212 Å². The lowest BCUT2D eigenvalue weighted by Gasteiger charge is -2.50. The molecule has 5 aromatic carbocycles. The van der Waals surface area contributed by atoms with Crippen LogP contribution in [0.4, 0.5) is 50.9 Å². The largest absolute Gasteiger partial charge is 0.633 e. The van der Waals surface area contributed by atoms with Gasteiger partial charge in [0.25, 0.3) is 0 Å². The lowest BCUT2D eigenvalue weighted by molar-refractivity contribution is -0.869. The molecule has 0 bridgehead atoms. The first-order chi connectivity index (χ1) is 51.8. The Balaban J connectivity index is 0.000000219. The molecule has 5 N–H and O–H groups in total. The van der Waals surface area contributed by atoms with Crippen LogP contribution in [0.15, 0.2) is 127 Å². The Hall–Kier alpha value is -5.08. The van der Waals surface area contributed by atoms with Crippen molar-refractivity contribution in [2.45, 2.75) is 286 Å². The van der Waals surface area contributed by atoms with Gasteiger partial charge in [0, 0.05) is 126 Å². The lowest BCUT2D eigenvalue weighted by atomic mass is 9.77. The summed E-state index contributed by atoms with van der Waals surface area (Å²) in [5.74, 6) is 1.32. The highest BCUT2D eigenvalue weighted by Crippen LogP contribution is 2.42. The molecule has 3 saturated carbocycles. The first-order valence-corrected chi connectivity index (χ1v) is 41.0. The third kappa shape index (κ3) is 31.1. The number of likely N-dealkylation sites (N-methyl/N-ethyl adjacent to an activating group) is 5. The minimum atomic E-state index is -4.34. The van der Waals surface area contributed by atoms with Crippen molar-refractivity contribution < 1.29 is 44.2 Å². The van der Waals surface area contributed by atoms with Crippen LogP contribution in [0.5, 0.6) is 0 Å². The third-order valence-corrected chi connectivity index (χ3v) is 22.6. The predicted molar refractivity (Wildman–Crippen MR) is 449 cm³/mol. The van der Waals surface area contributed by atoms with Crippen molar-refractivity contribution in [2.24, 2.45) is 0 Å². The number of alkyl halides is 9. The Morgan fingerprint density at radius 2 is 0.723 bits per heavy atom. The minimum absolute atomic E-state index is 0.0112. The molecular weight excluding hydrogens is 1460 g/mol. The van der Waals surface area contributed by atoms with E-state index < -0.39 is 39.9 Å². The minimum Gasteiger partial charge on any atom is -0.633 e. The zero-order chi connectivity index (χ0) is 83.8. The summed E-state index contributed by atoms with van der Waals surface area (Å²) in [4.78, 5) is 13.2. The Kier molecular flexibility index (Phi) is 35.4. The number of hydroxylamine groups is 3. The summed E-state index contributed by atoms with van der Waals surface area (Å²) in [6.07, 6.45) is -1.47. The molecule has 0 spiro atoms. The van der Waals surface area contributed by atoms with Crippen LogP contribution in [0.25, 0.3) is 0 Å². The van der Waals surface area contributed by atoms with E-state index in [9.17, 15) is 44.7 Å². The quantitative estimate of drug-likeness (QED) is 0.0348. The van der Waals surface area contributed by atoms with E-state index in [0.29, 0.717) is 90.1 Å². The molecule has 0 aromatic heterocycles. The maximum Gasteiger partial charge on any atom is 0.416 e. The van der Waals surface area contributed by atoms with E-state index in [1.807, 2.05) is 34.3 Å². The van der Waals surface area contributed by atoms with E-state index in [1.54, 1.807) is 32.3 Å². The van der Waals surface area contributed by atoms with E-state index in [1.165, 1.54) is 86.1 Å². The van der Waals surface area contributed by atoms with Gasteiger partial charge in [0.05, 0.1) is 36.8 Å². The Bertz CT molecular complexity index is 3570. The zero-order valence-electron chi connectivity index (χ0n) is 71.7. The zero-order valence-corrected chi connectivity index (χ0v) is 72.5. The summed E-state index contributed by atoms with van der Waals surface area (Å²) in [7, 11) is 20.2. The van der Waals surface area contributed by atoms with Crippen LogP contribution < -0.4 is 36.4 Å². The summed E-state index contributed by atoms with van der Waals surface area (Å²) in [6, 6.07) is 40.6. The summed E-state index contributed by atoms with van der Waals surface area (Å²) in [5, 5.41) is 31.8. The second-order valence-corrected chi connectivity index (χ2v) is 37.6. The second-order valence-electron chi connectivity index (χ2n) is 37.2. The number of anilines is 2. The van der Waals surface area contributed by atoms with Gasteiger partial charge in [-0.15, -0.1) is 0 Å². The Labute approximate surface area is 673 Å². The molecule has 13 nitrogen and oxygen atoms in total. The van der Waals surface area contributed by atoms with Crippen molar-refractivity contribution in [1.29, 1.82) is 0 Å². The average Bonchev–Trinajstić information content (AvgIpc) is 0.798. The fraction of sp³-hybridized carbons (Fsp3) is 0.663. The van der Waals surface area contributed by atoms with E-state index in [0.717, 1.165) is 68.5 Å². The predicted octanol–water partition coefficient (Wildman–Crippen LogP) is 19.0. The highest BCUT2D eigenvalue weighted by molar-refractivity contribution is 6.30. The molecule has 10 rings (SSSR count). The monoisotopic (exact) mass is 1600 g/mol. The van der Waals surface area contributed by atoms with Gasteiger partial charge in [-0.3, -0.25) is 0 Å². The Morgan fingerprint density at radius 1 is 0.393 bits per heavy atom. The fourth-order valence-corrected chi connectivity index (χ4v) is 17.4. The maximum atomic E-state index is 13.0. The number of rotatable bonds is 17. The van der Waals surface area contributed by atoms with Gasteiger partial charge in [-0.05, 0) is 272 Å². The molecular formula is C89H140ClF9N12O. The fourth-order valence-electron chi connectivity index (χ4n) is 17.2. The molecule has 5 fully saturated rings. The van der Waals surface area contributed by atoms with Crippen LogP contribution in [0.3, 0.4) is 0 Å². The molecule has 2 aliphatic heterocycles. The number of nitrogens with zero attached hydrogens (tertiary/aromatic N) is 7. The molecule has 0 unspecified atom stereocenters. The van der Waals surface area contributed by atoms with Gasteiger partial charge in [-0.2, -0.15) is 39.5 Å². The molecule has 5 aromatic rings. The van der Waals surface area contributed by atoms with Crippen molar-refractivity contribution in [1.82, 2.24) is 46.2 Å². The highest BCUT2D eigenvalue weighted by atomic mass is 35.5. The number of nitrogens with one attached hydrogen (secondary N) is 5. The maximum absolute atomic E-state index is 13.0. The van der Waals surface area contributed by atoms with Crippen LogP contribution in [-0.4, -0.2) is 210 Å². The summed E-state index contributed by atoms with van der Waals surface area (Å²) >= 11 is 6.14. The molecule has 23 heteroatoms. The standard InChI is InChI=1S/C19H29F3N2O.C18H28F3N3.C18H30N2.C17H27ClN2.C17H26F3N3/c1-18(2,3)23-16-10-9-14(12-17(16)24(4,5)25)13-7-6-8-15(11-13)19(20,21)22;1-17(2,3)22-15-9-10-24(12-16(15)23(4)5)14-8-6-7-13(11-14)18(19,20)21;1-18(2,3)19-16-12-11-15(13-17(16)20(4)5)14-9-7-6-8-10-14;1-12(2)19-16-9-8-14(11-17(16)20(3)4)13-6-5-7-15(18)10-13;1-12(2)21-15-8-9-23(11-16(15)22(3)4)14-7-5-6-13(10-14)17(18,19)20/h6-8,11,14,16-17,23H,9-10,12H2,1-5H3;6-8,11,15-16,22H,9-10,12H2,1-5H3;6-10,15-17,19H,11-13H2,1-5H3;5-7,10,12,14,16-17,19H,8-9,11H2,1-4H3;5-7,10,12,15-16,21H,8-9,11H2,1-4H3/t14-,16-,17-;15-,16-;15-,16-,17-;14-,16-,17-;15-,16-/m01000/s1. The van der Waals surface area contributed by atoms with Crippen molar-refractivity contribution in [2.75, 3.05) is 106 Å². The number of halogens is 10. The van der Waals surface area contributed by atoms with Crippen LogP contribution >= 0.6 is 11.6 Å². The van der Waals surface area contributed by atoms with Crippen LogP contribution in [0.2, 0.25) is 5.02 Å². The molecule has 2 saturated heterocycles. The summed E-state index contributed by atoms with van der Waals surface area (Å²) in [6.45, 7) is 31.0. The van der Waals surface area contributed by atoms with Gasteiger partial charge in [-0.25, -0.2) is 0 Å². The number of piperidine rings is 2. The first-order valence-electron chi connectivity index (χ1n) is 40.6. The van der Waals surface area contributed by atoms with Crippen molar-refractivity contribution >= 4 is 23.0 Å². The van der Waals surface area contributed by atoms with Gasteiger partial charge in [-0.1, -0.05) is 112 Å². The SMILES string of the molecule is CC(C)(C)N[C@H]1CC[C@H](c2cccc(C(F)(F)F)c2)C[C@@H]1[N+](C)(C)[O-].CC(C)N[C@H]1CCN(c2cccc(C(F)(F)F)c2)C[C@@H]1N(C)C.CC(C)N[C@H]1CC[C@H](c2cccc(Cl)c2)C[C@@H]1N(C)C.CN(C)[C@@H]1CN(c2cccc(C(F)(F)F)c2)CC[C@H]1NC(C)(C)C.CN(C)[C@H]1C[C@@H](c2ccccc2)CC[C@@H]1NC(C)(C)C. The van der Waals surface area contributed by atoms with Crippen molar-refractivity contribution in [3.63, 3.8) is 0 Å². The number of hydrogen-bond donors (Lipinski definition) is 5. The average molecular weight is 1600 g/mol. The smallest absolute Gasteiger partial charge is 0.416 e. The summed E-state index contributed by atoms with van der Waals surface area (Å²) < 4.78 is 116. The molecule has 2 heterocycles. The van der Waals surface area contributed by atoms with Gasteiger partial charge in [0.15, 0.2) is 0 Å². The molecule has 112 heavy (non-hydrogen) atoms. The molecule has 0 radical (unpaired) electrons. The number of quaternary nitrogens is 1. The molecule has 0 amide bonds. The van der Waals surface area contributed by atoms with E-state index >= 15 is 0 Å². The Morgan fingerprint density at radius 3 is 1.13 bits per heavy atom. The molecule has 632 valence electrons. The normalized spacial score (nSPS) is 25.2. The van der Waals surface area contributed by atoms with E-state index in [4.69, 9.17) is 11.6 Å². The topological polar surface area (TPSA) is 103 Å². The van der Waals surface area contributed by atoms with E-state index in [2.05, 4.69) is 223 Å². The van der Waals surface area contributed by atoms with Gasteiger partial charge in [0.2, 0.25) is 0 Å². The van der Waals surface area contributed by atoms with Crippen LogP contribution in [0, 0.1) is 5.21 Å². The molecule has 13 atom stereocenters. The second kappa shape index (κ2) is 41.4. The molecule has 3 aliphatic carbocycles. The van der Waals surface area contributed by atoms with Crippen LogP contribution in [-0.2, 0) is 18.5 Å². The van der Waals surface area contributed by atoms with Crippen molar-refractivity contribution in [3.8, 4) is 0 Å². The summed E-state index contributed by atoms with van der Waals surface area (Å²) in [5.41, 5.74) is 3.18. The van der Waals surface area contributed by atoms with Crippen molar-refractivity contribution in [3.05, 3.63) is 171 Å². The van der Waals surface area contributed by atoms with Gasteiger partial charge in [0.1, 0.15) is 6.04 Å². The third-order valence-electron chi connectivity index (χ3n) is 22.4. The van der Waals surface area contributed by atoms with E-state index in [-0.39, 0.29) is 46.7 Å². The number of hydrogen-bond acceptors (Lipinski definition) is 12. The lowest BCUT2D eigenvalue weighted by Crippen LogP contribution is -2.61. The number of benzene rings is 5. The highest BCUT2D eigenvalue weighted by Gasteiger charge is 2.43.